The summed E-state index contributed by atoms with van der Waals surface area (Å²) in [6.07, 6.45) is -2.33. The zero-order chi connectivity index (χ0) is 5.58. The van der Waals surface area contributed by atoms with Crippen LogP contribution in [0.2, 0.25) is 0 Å². The van der Waals surface area contributed by atoms with Crippen molar-refractivity contribution in [1.29, 1.82) is 0 Å². The molecule has 0 saturated carbocycles. The topological polar surface area (TPSA) is 80.3 Å². The van der Waals surface area contributed by atoms with E-state index in [2.05, 4.69) is 0 Å². The van der Waals surface area contributed by atoms with E-state index < -0.39 is 6.16 Å². The Morgan fingerprint density at radius 1 is 1.29 bits per heavy atom. The Balaban J connectivity index is -0.0000000480. The van der Waals surface area contributed by atoms with Crippen LogP contribution in [0.4, 0.5) is 4.79 Å². The molecule has 0 radical (unpaired) electrons. The molecule has 4 nitrogen and oxygen atoms in total. The molecule has 0 saturated heterocycles. The first-order valence-electron chi connectivity index (χ1n) is 0.901. The third kappa shape index (κ3) is 188. The van der Waals surface area contributed by atoms with Crippen LogP contribution in [0.3, 0.4) is 0 Å². The molecule has 0 fully saturated rings. The van der Waals surface area contributed by atoms with Crippen molar-refractivity contribution in [3.05, 3.63) is 0 Å². The quantitative estimate of drug-likeness (QED) is 0.374. The fraction of sp³-hybridized carbons (Fsp3) is 0. The van der Waals surface area contributed by atoms with Crippen LogP contribution in [-0.4, -0.2) is 43.9 Å². The summed E-state index contributed by atoms with van der Waals surface area (Å²) < 4.78 is 8.38. The van der Waals surface area contributed by atoms with Gasteiger partial charge in [-0.25, -0.2) is 0 Å². The van der Waals surface area contributed by atoms with Gasteiger partial charge in [0.2, 0.25) is 0 Å². The zero-order valence-corrected chi connectivity index (χ0v) is 8.72. The molecule has 0 aromatic carbocycles. The normalized spacial score (nSPS) is 4.29. The Hall–Kier alpha value is 0.953. The summed E-state index contributed by atoms with van der Waals surface area (Å²) >= 11 is 0.125. The van der Waals surface area contributed by atoms with Crippen LogP contribution in [0.15, 0.2) is 0 Å². The number of carbonyl (C=O) groups excluding carboxylic acids is 1. The van der Waals surface area contributed by atoms with Crippen molar-refractivity contribution in [2.24, 2.45) is 0 Å². The van der Waals surface area contributed by atoms with Crippen molar-refractivity contribution in [3.8, 4) is 0 Å². The van der Waals surface area contributed by atoms with Gasteiger partial charge >= 0.3 is 59.6 Å². The van der Waals surface area contributed by atoms with Gasteiger partial charge in [-0.2, -0.15) is 0 Å². The van der Waals surface area contributed by atoms with E-state index in [1.807, 2.05) is 0 Å². The van der Waals surface area contributed by atoms with Crippen LogP contribution >= 0.6 is 0 Å². The molecule has 0 N–H and O–H groups in total. The van der Waals surface area contributed by atoms with Gasteiger partial charge in [-0.1, -0.05) is 0 Å². The van der Waals surface area contributed by atoms with Gasteiger partial charge in [0.15, 0.2) is 0 Å². The molecule has 0 bridgehead atoms. The van der Waals surface area contributed by atoms with Crippen LogP contribution in [0, 0.1) is 0 Å². The Morgan fingerprint density at radius 2 is 1.29 bits per heavy atom. The summed E-state index contributed by atoms with van der Waals surface area (Å²) in [5.74, 6) is 0. The summed E-state index contributed by atoms with van der Waals surface area (Å²) in [6.45, 7) is 0. The minimum absolute atomic E-state index is 0. The van der Waals surface area contributed by atoms with Crippen molar-refractivity contribution >= 4 is 43.9 Å². The molecule has 0 heterocycles. The van der Waals surface area contributed by atoms with Gasteiger partial charge in [0.25, 0.3) is 0 Å². The summed E-state index contributed by atoms with van der Waals surface area (Å²) in [6, 6.07) is 0. The van der Waals surface area contributed by atoms with Crippen molar-refractivity contribution in [1.82, 2.24) is 0 Å². The molecule has 0 aliphatic rings. The van der Waals surface area contributed by atoms with Gasteiger partial charge in [0.1, 0.15) is 0 Å². The van der Waals surface area contributed by atoms with Crippen LogP contribution in [-0.2, 0) is 21.8 Å². The molecule has 0 aliphatic carbocycles. The fourth-order valence-electron chi connectivity index (χ4n) is 0. The average molecular weight is 181 g/mol. The van der Waals surface area contributed by atoms with Crippen molar-refractivity contribution in [2.45, 2.75) is 0 Å². The molecule has 0 atom stereocenters. The molecule has 7 heavy (non-hydrogen) atoms. The monoisotopic (exact) mass is 180 g/mol. The zero-order valence-electron chi connectivity index (χ0n) is 3.55. The van der Waals surface area contributed by atoms with E-state index in [1.165, 1.54) is 0 Å². The third-order valence-electron chi connectivity index (χ3n) is 0. The second-order valence-corrected chi connectivity index (χ2v) is 0.250. The van der Waals surface area contributed by atoms with Gasteiger partial charge in [-0.15, -0.1) is 0 Å². The van der Waals surface area contributed by atoms with Crippen molar-refractivity contribution in [3.63, 3.8) is 0 Å². The summed E-state index contributed by atoms with van der Waals surface area (Å²) in [7, 11) is 0. The van der Waals surface area contributed by atoms with Gasteiger partial charge in [-0.3, -0.25) is 0 Å². The van der Waals surface area contributed by atoms with Crippen LogP contribution in [0.5, 0.6) is 0 Å². The molecule has 0 aromatic heterocycles. The molecule has 32 valence electrons. The maximum absolute atomic E-state index is 8.38. The maximum atomic E-state index is 8.38. The Labute approximate surface area is 79.8 Å². The number of hydrogen-bond donors (Lipinski definition) is 0. The summed E-state index contributed by atoms with van der Waals surface area (Å²) in [4.78, 5) is 8.33. The van der Waals surface area contributed by atoms with Gasteiger partial charge in [0.05, 0.1) is 0 Å². The minimum atomic E-state index is -2.33. The molecule has 0 aromatic rings. The number of hydrogen-bond acceptors (Lipinski definition) is 4. The average Bonchev–Trinajstić information content (AvgIpc) is 1.41. The van der Waals surface area contributed by atoms with E-state index in [-0.39, 0.29) is 56.0 Å². The molecule has 0 rings (SSSR count). The van der Waals surface area contributed by atoms with E-state index in [0.29, 0.717) is 0 Å². The van der Waals surface area contributed by atoms with Crippen molar-refractivity contribution < 1.29 is 36.8 Å². The van der Waals surface area contributed by atoms with Crippen LogP contribution in [0.1, 0.15) is 0 Å². The van der Waals surface area contributed by atoms with E-state index >= 15 is 0 Å². The van der Waals surface area contributed by atoms with Gasteiger partial charge < -0.3 is 15.0 Å². The predicted octanol–water partition coefficient (Wildman–Crippen LogP) is -2.95. The Morgan fingerprint density at radius 3 is 1.29 bits per heavy atom. The molecule has 6 heteroatoms. The number of rotatable bonds is 0. The van der Waals surface area contributed by atoms with E-state index in [9.17, 15) is 0 Å². The fourth-order valence-corrected chi connectivity index (χ4v) is 0. The van der Waals surface area contributed by atoms with E-state index in [0.717, 1.165) is 0 Å². The number of carbonyl (C=O) groups is 1. The van der Waals surface area contributed by atoms with E-state index in [1.54, 1.807) is 0 Å². The molecule has 0 spiro atoms. The summed E-state index contributed by atoms with van der Waals surface area (Å²) in [5, 5.41) is 16.7. The third-order valence-corrected chi connectivity index (χ3v) is 0. The predicted molar refractivity (Wildman–Crippen MR) is 11.8 cm³/mol. The Kier molecular flexibility index (Phi) is 35.3. The first kappa shape index (κ1) is 15.7. The van der Waals surface area contributed by atoms with Crippen molar-refractivity contribution in [2.75, 3.05) is 0 Å². The second kappa shape index (κ2) is 15.8. The molecule has 0 unspecified atom stereocenters. The molecule has 0 aliphatic heterocycles. The van der Waals surface area contributed by atoms with Gasteiger partial charge in [0, 0.05) is 0 Å². The Bertz CT molecular complexity index is 43.0. The molecular formula is CCaO4Zn. The first-order valence-corrected chi connectivity index (χ1v) is 2.11. The molecular weight excluding hydrogens is 181 g/mol. The van der Waals surface area contributed by atoms with Gasteiger partial charge in [-0.05, 0) is 6.16 Å². The SMILES string of the molecule is O=C([O-])[O-].[Ca+2].[O]=[Zn]. The van der Waals surface area contributed by atoms with Crippen LogP contribution < -0.4 is 10.2 Å². The van der Waals surface area contributed by atoms with Crippen LogP contribution in [0.25, 0.3) is 0 Å². The number of carboxylic acid groups (broad SMARTS) is 2. The first-order chi connectivity index (χ1) is 2.73. The summed E-state index contributed by atoms with van der Waals surface area (Å²) in [5.41, 5.74) is 0. The van der Waals surface area contributed by atoms with E-state index in [4.69, 9.17) is 18.6 Å². The standard InChI is InChI=1S/CH2O3.Ca.O.Zn/c2-1(3)4;;;/h(H2,2,3,4);;;/q;+2;;/p-2. The molecule has 0 amide bonds. The second-order valence-electron chi connectivity index (χ2n) is 0.250.